The molecule has 0 amide bonds. The topological polar surface area (TPSA) is 99.5 Å². The van der Waals surface area contributed by atoms with Gasteiger partial charge in [0.1, 0.15) is 5.82 Å². The number of nitrogens with one attached hydrogen (secondary N) is 1. The van der Waals surface area contributed by atoms with E-state index in [1.54, 1.807) is 16.9 Å². The summed E-state index contributed by atoms with van der Waals surface area (Å²) in [7, 11) is 0. The highest BCUT2D eigenvalue weighted by Gasteiger charge is 2.17. The number of halogens is 1. The van der Waals surface area contributed by atoms with Crippen LogP contribution in [-0.4, -0.2) is 35.8 Å². The Kier molecular flexibility index (Phi) is 4.88. The number of hydrogen-bond donors (Lipinski definition) is 2. The number of anilines is 2. The van der Waals surface area contributed by atoms with Crippen molar-refractivity contribution < 1.29 is 4.39 Å². The Labute approximate surface area is 161 Å². The van der Waals surface area contributed by atoms with Crippen LogP contribution in [-0.2, 0) is 13.0 Å². The molecule has 0 aliphatic heterocycles. The largest absolute Gasteiger partial charge is 0.382 e. The molecule has 0 bridgehead atoms. The van der Waals surface area contributed by atoms with Crippen molar-refractivity contribution in [3.05, 3.63) is 54.1 Å². The summed E-state index contributed by atoms with van der Waals surface area (Å²) in [5.74, 6) is 1.14. The Morgan fingerprint density at radius 1 is 1.18 bits per heavy atom. The van der Waals surface area contributed by atoms with Crippen LogP contribution < -0.4 is 11.1 Å². The maximum atomic E-state index is 13.3. The maximum Gasteiger partial charge on any atom is 0.233 e. The first-order valence-corrected chi connectivity index (χ1v) is 9.17. The Hall–Kier alpha value is -3.49. The van der Waals surface area contributed by atoms with Crippen LogP contribution in [0.25, 0.3) is 17.1 Å². The third-order valence-corrected chi connectivity index (χ3v) is 4.34. The molecule has 0 atom stereocenters. The molecule has 0 unspecified atom stereocenters. The summed E-state index contributed by atoms with van der Waals surface area (Å²) in [4.78, 5) is 13.5. The minimum absolute atomic E-state index is 0.242. The number of fused-ring (bicyclic) bond motifs is 1. The second kappa shape index (κ2) is 7.63. The molecular weight excluding hydrogens is 359 g/mol. The van der Waals surface area contributed by atoms with Crippen LogP contribution in [0.4, 0.5) is 16.2 Å². The van der Waals surface area contributed by atoms with E-state index in [2.05, 4.69) is 32.3 Å². The number of rotatable bonds is 7. The number of nitrogens with two attached hydrogens (primary N) is 1. The third kappa shape index (κ3) is 3.51. The molecule has 0 aliphatic rings. The Morgan fingerprint density at radius 3 is 2.82 bits per heavy atom. The minimum Gasteiger partial charge on any atom is -0.382 e. The van der Waals surface area contributed by atoms with E-state index in [1.165, 1.54) is 12.1 Å². The molecule has 28 heavy (non-hydrogen) atoms. The molecule has 1 aromatic carbocycles. The molecule has 0 spiro atoms. The first-order valence-electron chi connectivity index (χ1n) is 9.17. The quantitative estimate of drug-likeness (QED) is 0.511. The fourth-order valence-corrected chi connectivity index (χ4v) is 3.09. The standard InChI is InChI=1S/C19H21FN8/c1-2-10-27-17-15(24-19(27)28-11-4-8-23-28)16(21)25-18(26-17)22-9-7-13-5-3-6-14(20)12-13/h3-6,8,11-12H,2,7,9-10H2,1H3,(H3,21,22,25,26). The first kappa shape index (κ1) is 17.9. The van der Waals surface area contributed by atoms with Crippen molar-refractivity contribution in [1.29, 1.82) is 0 Å². The van der Waals surface area contributed by atoms with Crippen molar-refractivity contribution in [2.45, 2.75) is 26.3 Å². The number of nitrogens with zero attached hydrogens (tertiary/aromatic N) is 6. The molecule has 4 rings (SSSR count). The fraction of sp³-hybridized carbons (Fsp3) is 0.263. The first-order chi connectivity index (χ1) is 13.7. The van der Waals surface area contributed by atoms with Crippen LogP contribution in [0.5, 0.6) is 0 Å². The predicted molar refractivity (Wildman–Crippen MR) is 106 cm³/mol. The molecular formula is C19H21FN8. The van der Waals surface area contributed by atoms with Crippen LogP contribution in [0.15, 0.2) is 42.7 Å². The molecule has 0 aliphatic carbocycles. The molecule has 0 saturated heterocycles. The maximum absolute atomic E-state index is 13.3. The van der Waals surface area contributed by atoms with Gasteiger partial charge in [0.15, 0.2) is 17.0 Å². The van der Waals surface area contributed by atoms with E-state index in [-0.39, 0.29) is 5.82 Å². The zero-order chi connectivity index (χ0) is 19.5. The normalized spacial score (nSPS) is 11.2. The van der Waals surface area contributed by atoms with E-state index >= 15 is 0 Å². The molecule has 3 heterocycles. The number of hydrogen-bond acceptors (Lipinski definition) is 6. The van der Waals surface area contributed by atoms with Crippen molar-refractivity contribution in [3.8, 4) is 5.95 Å². The van der Waals surface area contributed by atoms with Gasteiger partial charge < -0.3 is 11.1 Å². The van der Waals surface area contributed by atoms with Gasteiger partial charge in [-0.05, 0) is 36.6 Å². The molecule has 8 nitrogen and oxygen atoms in total. The molecule has 0 saturated carbocycles. The molecule has 3 aromatic heterocycles. The van der Waals surface area contributed by atoms with Gasteiger partial charge in [-0.1, -0.05) is 19.1 Å². The van der Waals surface area contributed by atoms with Gasteiger partial charge in [0.05, 0.1) is 0 Å². The van der Waals surface area contributed by atoms with Crippen molar-refractivity contribution in [2.75, 3.05) is 17.6 Å². The summed E-state index contributed by atoms with van der Waals surface area (Å²) in [6.45, 7) is 3.37. The number of nitrogen functional groups attached to an aromatic ring is 1. The molecule has 0 fully saturated rings. The van der Waals surface area contributed by atoms with Crippen molar-refractivity contribution >= 4 is 22.9 Å². The lowest BCUT2D eigenvalue weighted by atomic mass is 10.1. The molecule has 9 heteroatoms. The van der Waals surface area contributed by atoms with Gasteiger partial charge >= 0.3 is 0 Å². The average Bonchev–Trinajstić information content (AvgIpc) is 3.31. The highest BCUT2D eigenvalue weighted by atomic mass is 19.1. The van der Waals surface area contributed by atoms with Gasteiger partial charge in [0.25, 0.3) is 0 Å². The van der Waals surface area contributed by atoms with Gasteiger partial charge in [0, 0.05) is 25.5 Å². The Balaban J connectivity index is 1.62. The fourth-order valence-electron chi connectivity index (χ4n) is 3.09. The van der Waals surface area contributed by atoms with Crippen LogP contribution in [0.3, 0.4) is 0 Å². The molecule has 0 radical (unpaired) electrons. The molecule has 3 N–H and O–H groups in total. The summed E-state index contributed by atoms with van der Waals surface area (Å²) >= 11 is 0. The van der Waals surface area contributed by atoms with Crippen LogP contribution in [0, 0.1) is 5.82 Å². The summed E-state index contributed by atoms with van der Waals surface area (Å²) in [5.41, 5.74) is 8.26. The highest BCUT2D eigenvalue weighted by molar-refractivity contribution is 5.84. The second-order valence-electron chi connectivity index (χ2n) is 6.43. The summed E-state index contributed by atoms with van der Waals surface area (Å²) in [6.07, 6.45) is 5.08. The van der Waals surface area contributed by atoms with Crippen LogP contribution in [0.2, 0.25) is 0 Å². The zero-order valence-corrected chi connectivity index (χ0v) is 15.5. The number of benzene rings is 1. The summed E-state index contributed by atoms with van der Waals surface area (Å²) < 4.78 is 17.0. The lowest BCUT2D eigenvalue weighted by Gasteiger charge is -2.09. The number of aromatic nitrogens is 6. The monoisotopic (exact) mass is 380 g/mol. The van der Waals surface area contributed by atoms with Crippen LogP contribution >= 0.6 is 0 Å². The zero-order valence-electron chi connectivity index (χ0n) is 15.5. The molecule has 144 valence electrons. The second-order valence-corrected chi connectivity index (χ2v) is 6.43. The van der Waals surface area contributed by atoms with E-state index in [0.717, 1.165) is 18.5 Å². The number of aryl methyl sites for hydroxylation is 1. The van der Waals surface area contributed by atoms with Crippen molar-refractivity contribution in [1.82, 2.24) is 29.3 Å². The van der Waals surface area contributed by atoms with Gasteiger partial charge in [-0.25, -0.2) is 14.1 Å². The SMILES string of the molecule is CCCn1c(-n2cccn2)nc2c(N)nc(NCCc3cccc(F)c3)nc21. The lowest BCUT2D eigenvalue weighted by molar-refractivity contribution is 0.625. The average molecular weight is 380 g/mol. The van der Waals surface area contributed by atoms with E-state index in [4.69, 9.17) is 5.73 Å². The number of imidazole rings is 1. The Morgan fingerprint density at radius 2 is 2.07 bits per heavy atom. The summed E-state index contributed by atoms with van der Waals surface area (Å²) in [6, 6.07) is 8.37. The Bertz CT molecular complexity index is 1090. The van der Waals surface area contributed by atoms with E-state index in [0.29, 0.717) is 41.8 Å². The van der Waals surface area contributed by atoms with Gasteiger partial charge in [-0.3, -0.25) is 4.57 Å². The van der Waals surface area contributed by atoms with E-state index < -0.39 is 0 Å². The minimum atomic E-state index is -0.242. The van der Waals surface area contributed by atoms with Crippen molar-refractivity contribution in [2.24, 2.45) is 0 Å². The van der Waals surface area contributed by atoms with Crippen molar-refractivity contribution in [3.63, 3.8) is 0 Å². The summed E-state index contributed by atoms with van der Waals surface area (Å²) in [5, 5.41) is 7.44. The third-order valence-electron chi connectivity index (χ3n) is 4.34. The smallest absolute Gasteiger partial charge is 0.233 e. The van der Waals surface area contributed by atoms with E-state index in [1.807, 2.05) is 22.9 Å². The van der Waals surface area contributed by atoms with Crippen LogP contribution in [0.1, 0.15) is 18.9 Å². The highest BCUT2D eigenvalue weighted by Crippen LogP contribution is 2.23. The van der Waals surface area contributed by atoms with Gasteiger partial charge in [-0.2, -0.15) is 15.1 Å². The van der Waals surface area contributed by atoms with Gasteiger partial charge in [0.2, 0.25) is 11.9 Å². The van der Waals surface area contributed by atoms with E-state index in [9.17, 15) is 4.39 Å². The molecule has 4 aromatic rings. The lowest BCUT2D eigenvalue weighted by Crippen LogP contribution is -2.11. The predicted octanol–water partition coefficient (Wildman–Crippen LogP) is 2.80. The van der Waals surface area contributed by atoms with Gasteiger partial charge in [-0.15, -0.1) is 0 Å².